The molecule has 0 saturated carbocycles. The predicted molar refractivity (Wildman–Crippen MR) is 277 cm³/mol. The molecule has 0 aliphatic carbocycles. The molecule has 1 aliphatic rings. The largest absolute Gasteiger partial charge is 1.00 e. The van der Waals surface area contributed by atoms with E-state index in [1.54, 1.807) is 4.90 Å². The van der Waals surface area contributed by atoms with Crippen molar-refractivity contribution >= 4 is 38.4 Å². The molecule has 25 heteroatoms. The third-order valence-corrected chi connectivity index (χ3v) is 13.8. The van der Waals surface area contributed by atoms with E-state index in [-0.39, 0.29) is 133 Å². The van der Waals surface area contributed by atoms with Crippen molar-refractivity contribution in [3.63, 3.8) is 0 Å². The van der Waals surface area contributed by atoms with Gasteiger partial charge in [-0.05, 0) is 39.5 Å². The van der Waals surface area contributed by atoms with Crippen molar-refractivity contribution in [2.75, 3.05) is 33.4 Å². The van der Waals surface area contributed by atoms with Gasteiger partial charge >= 0.3 is 126 Å². The quantitative estimate of drug-likeness (QED) is 0.0341. The number of nitrogens with one attached hydrogen (secondary N) is 2. The van der Waals surface area contributed by atoms with E-state index >= 15 is 0 Å². The molecule has 0 aromatic carbocycles. The normalized spacial score (nSPS) is 14.2. The summed E-state index contributed by atoms with van der Waals surface area (Å²) in [6, 6.07) is 0. The molecule has 1 aliphatic heterocycles. The SMILES string of the molecule is CC(C)=O.CCCCCCCCCCCCCCCCCC[NH+]1CC[NH+](C)C1.CCCCCCCCCCCCCCCCCCn1cc[n+](C)c1.Cl.O=S(=O)([O-])C(F)(F)C(F)F.O=S(=O)([O-])C(F)(F)C(F)F.[Cl-].[K+].[K+]. The average molecular weight is 1250 g/mol. The summed E-state index contributed by atoms with van der Waals surface area (Å²) in [6.45, 7) is 14.4. The molecule has 0 amide bonds. The number of nitrogens with zero attached hydrogens (tertiary/aromatic N) is 2. The van der Waals surface area contributed by atoms with Crippen LogP contribution in [0.3, 0.4) is 0 Å². The van der Waals surface area contributed by atoms with Crippen LogP contribution in [0.2, 0.25) is 0 Å². The van der Waals surface area contributed by atoms with Crippen LogP contribution in [0.1, 0.15) is 233 Å². The molecule has 76 heavy (non-hydrogen) atoms. The number of hydrogen-bond acceptors (Lipinski definition) is 7. The molecule has 1 aromatic rings. The zero-order valence-electron chi connectivity index (χ0n) is 47.9. The van der Waals surface area contributed by atoms with E-state index in [1.165, 1.54) is 252 Å². The van der Waals surface area contributed by atoms with Gasteiger partial charge in [0.2, 0.25) is 13.0 Å². The van der Waals surface area contributed by atoms with Gasteiger partial charge in [0.25, 0.3) is 0 Å². The maximum atomic E-state index is 11.4. The van der Waals surface area contributed by atoms with Gasteiger partial charge in [-0.15, -0.1) is 12.4 Å². The Hall–Kier alpha value is 1.91. The summed E-state index contributed by atoms with van der Waals surface area (Å²) in [7, 11) is -8.05. The van der Waals surface area contributed by atoms with E-state index in [2.05, 4.69) is 55.8 Å². The number of quaternary nitrogens is 2. The number of aromatic nitrogens is 2. The summed E-state index contributed by atoms with van der Waals surface area (Å²) < 4.78 is 150. The van der Waals surface area contributed by atoms with Gasteiger partial charge < -0.3 is 26.3 Å². The molecule has 11 nitrogen and oxygen atoms in total. The molecule has 1 fully saturated rings. The number of hydrogen-bond donors (Lipinski definition) is 2. The van der Waals surface area contributed by atoms with E-state index in [1.807, 2.05) is 4.90 Å². The fourth-order valence-electron chi connectivity index (χ4n) is 7.82. The van der Waals surface area contributed by atoms with Crippen LogP contribution in [0.25, 0.3) is 0 Å². The zero-order valence-corrected chi connectivity index (χ0v) is 57.4. The number of aryl methyl sites for hydroxylation is 2. The van der Waals surface area contributed by atoms with E-state index in [0.29, 0.717) is 0 Å². The molecule has 448 valence electrons. The number of imidazole rings is 1. The maximum absolute atomic E-state index is 11.4. The minimum atomic E-state index is -6.23. The van der Waals surface area contributed by atoms with Crippen LogP contribution in [0, 0.1) is 0 Å². The number of rotatable bonds is 38. The summed E-state index contributed by atoms with van der Waals surface area (Å²) in [6.07, 6.45) is 44.1. The second kappa shape index (κ2) is 58.7. The first-order valence-corrected chi connectivity index (χ1v) is 29.9. The molecule has 2 atom stereocenters. The van der Waals surface area contributed by atoms with E-state index in [9.17, 15) is 65.9 Å². The Morgan fingerprint density at radius 3 is 1.03 bits per heavy atom. The van der Waals surface area contributed by atoms with Crippen molar-refractivity contribution in [2.24, 2.45) is 7.05 Å². The molecular weight excluding hydrogens is 1150 g/mol. The van der Waals surface area contributed by atoms with Gasteiger partial charge in [-0.2, -0.15) is 17.6 Å². The summed E-state index contributed by atoms with van der Waals surface area (Å²) in [5, 5.41) is -11.0. The molecule has 2 unspecified atom stereocenters. The molecule has 1 saturated heterocycles. The van der Waals surface area contributed by atoms with E-state index < -0.39 is 43.6 Å². The minimum Gasteiger partial charge on any atom is -1.00 e. The summed E-state index contributed by atoms with van der Waals surface area (Å²) in [4.78, 5) is 13.0. The maximum Gasteiger partial charge on any atom is 1.00 e. The number of carbonyl (C=O) groups is 1. The Labute approximate surface area is 553 Å². The number of alkyl halides is 8. The molecule has 0 radical (unpaired) electrons. The smallest absolute Gasteiger partial charge is 1.00 e. The summed E-state index contributed by atoms with van der Waals surface area (Å²) in [5.41, 5.74) is 0. The van der Waals surface area contributed by atoms with E-state index in [0.717, 1.165) is 0 Å². The van der Waals surface area contributed by atoms with Crippen molar-refractivity contribution in [3.8, 4) is 0 Å². The topological polar surface area (TPSA) is 149 Å². The summed E-state index contributed by atoms with van der Waals surface area (Å²) >= 11 is 0. The fourth-order valence-corrected chi connectivity index (χ4v) is 8.26. The first kappa shape index (κ1) is 91.7. The van der Waals surface area contributed by atoms with Crippen LogP contribution in [-0.4, -0.2) is 93.0 Å². The van der Waals surface area contributed by atoms with Gasteiger partial charge in [0.1, 0.15) is 31.3 Å². The Balaban J connectivity index is -0.000000171. The van der Waals surface area contributed by atoms with Crippen LogP contribution in [0.15, 0.2) is 18.7 Å². The second-order valence-electron chi connectivity index (χ2n) is 19.6. The number of unbranched alkanes of at least 4 members (excludes halogenated alkanes) is 30. The standard InChI is InChI=1S/C22H46N2.C22H43N2.C3H6O.2C2H2F4O3S.2ClH.2K/c2*1-3-4-5-6-7-8-9-10-11-12-13-14-15-16-17-18-19-24-21-20-23(2)22-24;1-3(2)4;2*3-1(4)2(5,6)10(7,8)9;;;;/h3-22H2,1-2H3;20-22H,3-19H2,1-2H3;1-2H3;2*1H,(H,7,8,9);2*1H;;/q;+1;;;;;;2*+1/p-1. The molecule has 2 heterocycles. The number of Topliss-reactive ketones (excluding diaryl/α,β-unsaturated/α-hetero) is 1. The molecule has 1 aromatic heterocycles. The number of likely N-dealkylation sites (N-methyl/N-ethyl adjacent to an activating group) is 1. The van der Waals surface area contributed by atoms with E-state index in [4.69, 9.17) is 0 Å². The fraction of sp³-hybridized carbons (Fsp3) is 0.922. The predicted octanol–water partition coefficient (Wildman–Crippen LogP) is 3.00. The van der Waals surface area contributed by atoms with Crippen LogP contribution >= 0.6 is 12.4 Å². The van der Waals surface area contributed by atoms with Crippen LogP contribution in [0.5, 0.6) is 0 Å². The number of ketones is 1. The average Bonchev–Trinajstić information content (AvgIpc) is 3.92. The Bertz CT molecular complexity index is 1590. The number of carbonyl (C=O) groups excluding carboxylic acids is 1. The first-order chi connectivity index (χ1) is 33.8. The third kappa shape index (κ3) is 57.7. The van der Waals surface area contributed by atoms with Gasteiger partial charge in [0.05, 0.1) is 27.2 Å². The van der Waals surface area contributed by atoms with Crippen molar-refractivity contribution in [3.05, 3.63) is 18.7 Å². The Morgan fingerprint density at radius 1 is 0.566 bits per heavy atom. The van der Waals surface area contributed by atoms with Gasteiger partial charge in [-0.1, -0.05) is 194 Å². The van der Waals surface area contributed by atoms with Crippen molar-refractivity contribution < 1.29 is 195 Å². The Morgan fingerprint density at radius 2 is 0.829 bits per heavy atom. The molecule has 2 rings (SSSR count). The first-order valence-electron chi connectivity index (χ1n) is 27.1. The molecular formula is C51H100Cl2F8K2N4O7S2+2. The van der Waals surface area contributed by atoms with Gasteiger partial charge in [0.15, 0.2) is 20.2 Å². The molecule has 0 bridgehead atoms. The van der Waals surface area contributed by atoms with Crippen LogP contribution < -0.4 is 130 Å². The zero-order chi connectivity index (χ0) is 55.3. The monoisotopic (exact) mass is 1240 g/mol. The molecule has 0 spiro atoms. The van der Waals surface area contributed by atoms with Crippen LogP contribution in [-0.2, 0) is 38.6 Å². The molecule has 2 N–H and O–H groups in total. The van der Waals surface area contributed by atoms with Gasteiger partial charge in [-0.25, -0.2) is 43.5 Å². The second-order valence-corrected chi connectivity index (χ2v) is 22.5. The Kier molecular flexibility index (Phi) is 70.8. The van der Waals surface area contributed by atoms with Crippen molar-refractivity contribution in [2.45, 2.75) is 263 Å². The third-order valence-electron chi connectivity index (χ3n) is 12.1. The number of halogens is 10. The van der Waals surface area contributed by atoms with Crippen LogP contribution in [0.4, 0.5) is 35.1 Å². The van der Waals surface area contributed by atoms with Crippen molar-refractivity contribution in [1.29, 1.82) is 0 Å². The van der Waals surface area contributed by atoms with Crippen molar-refractivity contribution in [1.82, 2.24) is 4.57 Å². The minimum absolute atomic E-state index is 0. The van der Waals surface area contributed by atoms with Gasteiger partial charge in [-0.3, -0.25) is 9.80 Å². The summed E-state index contributed by atoms with van der Waals surface area (Å²) in [5.74, 6) is 0.167. The van der Waals surface area contributed by atoms with Gasteiger partial charge in [0, 0.05) is 0 Å².